The number of hydrogen-bond donors (Lipinski definition) is 3. The van der Waals surface area contributed by atoms with Gasteiger partial charge in [-0.1, -0.05) is 13.8 Å². The zero-order chi connectivity index (χ0) is 24.0. The minimum absolute atomic E-state index is 0.0189. The highest BCUT2D eigenvalue weighted by Gasteiger charge is 2.44. The Morgan fingerprint density at radius 2 is 1.39 bits per heavy atom. The largest absolute Gasteiger partial charge is 0.392 e. The molecule has 0 aromatic heterocycles. The van der Waals surface area contributed by atoms with E-state index in [0.717, 1.165) is 10.1 Å². The summed E-state index contributed by atoms with van der Waals surface area (Å²) in [7, 11) is 0. The fourth-order valence-corrected chi connectivity index (χ4v) is 3.47. The van der Waals surface area contributed by atoms with Crippen molar-refractivity contribution >= 4 is 17.7 Å². The molecule has 11 nitrogen and oxygen atoms in total. The molecule has 11 heteroatoms. The van der Waals surface area contributed by atoms with Crippen molar-refractivity contribution in [1.82, 2.24) is 15.0 Å². The standard InChI is InChI=1S/C20H37N3O8/c1-11(2)18-17(21(16(7)27)8-12(3)24)15(6)30-22(9-13(4)25)19(28)20(29)23(31-18)10-14(5)26/h11-15,17-18,24-26H,8-10H2,1-7H3. The predicted molar refractivity (Wildman–Crippen MR) is 110 cm³/mol. The molecule has 0 aromatic carbocycles. The van der Waals surface area contributed by atoms with Crippen molar-refractivity contribution < 1.29 is 39.4 Å². The Morgan fingerprint density at radius 1 is 0.935 bits per heavy atom. The van der Waals surface area contributed by atoms with E-state index >= 15 is 0 Å². The smallest absolute Gasteiger partial charge is 0.337 e. The van der Waals surface area contributed by atoms with Crippen molar-refractivity contribution in [1.29, 1.82) is 0 Å². The van der Waals surface area contributed by atoms with Crippen LogP contribution in [0.5, 0.6) is 0 Å². The monoisotopic (exact) mass is 447 g/mol. The number of nitrogens with zero attached hydrogens (tertiary/aromatic N) is 3. The maximum absolute atomic E-state index is 12.9. The molecule has 1 aliphatic rings. The molecule has 31 heavy (non-hydrogen) atoms. The van der Waals surface area contributed by atoms with Crippen molar-refractivity contribution in [2.24, 2.45) is 5.92 Å². The molecule has 0 spiro atoms. The third-order valence-corrected chi connectivity index (χ3v) is 4.74. The van der Waals surface area contributed by atoms with Crippen LogP contribution in [0.4, 0.5) is 0 Å². The van der Waals surface area contributed by atoms with E-state index in [1.807, 2.05) is 13.8 Å². The number of aliphatic hydroxyl groups excluding tert-OH is 3. The quantitative estimate of drug-likeness (QED) is 0.415. The summed E-state index contributed by atoms with van der Waals surface area (Å²) in [6.45, 7) is 10.4. The highest BCUT2D eigenvalue weighted by atomic mass is 16.7. The highest BCUT2D eigenvalue weighted by Crippen LogP contribution is 2.26. The Labute approximate surface area is 183 Å². The molecule has 0 aromatic rings. The number of rotatable bonds is 8. The third kappa shape index (κ3) is 7.69. The summed E-state index contributed by atoms with van der Waals surface area (Å²) in [5, 5.41) is 31.1. The zero-order valence-electron chi connectivity index (χ0n) is 19.4. The first kappa shape index (κ1) is 27.2. The average Bonchev–Trinajstić information content (AvgIpc) is 2.64. The van der Waals surface area contributed by atoms with E-state index in [9.17, 15) is 29.7 Å². The van der Waals surface area contributed by atoms with Crippen LogP contribution in [0.1, 0.15) is 48.5 Å². The Hall–Kier alpha value is -1.79. The normalized spacial score (nSPS) is 26.2. The van der Waals surface area contributed by atoms with Crippen molar-refractivity contribution in [3.8, 4) is 0 Å². The van der Waals surface area contributed by atoms with Crippen LogP contribution in [0, 0.1) is 5.92 Å². The van der Waals surface area contributed by atoms with Gasteiger partial charge in [0, 0.05) is 13.5 Å². The van der Waals surface area contributed by atoms with Crippen molar-refractivity contribution in [2.45, 2.75) is 85.0 Å². The number of carbonyl (C=O) groups is 3. The molecule has 3 N–H and O–H groups in total. The van der Waals surface area contributed by atoms with E-state index in [2.05, 4.69) is 0 Å². The summed E-state index contributed by atoms with van der Waals surface area (Å²) in [5.41, 5.74) is 0. The van der Waals surface area contributed by atoms with Crippen LogP contribution in [0.25, 0.3) is 0 Å². The number of amides is 3. The van der Waals surface area contributed by atoms with Gasteiger partial charge in [0.1, 0.15) is 12.2 Å². The molecule has 0 bridgehead atoms. The summed E-state index contributed by atoms with van der Waals surface area (Å²) < 4.78 is 0. The van der Waals surface area contributed by atoms with E-state index < -0.39 is 48.4 Å². The summed E-state index contributed by atoms with van der Waals surface area (Å²) in [6.07, 6.45) is -4.47. The lowest BCUT2D eigenvalue weighted by Gasteiger charge is -2.42. The number of hydrogen-bond acceptors (Lipinski definition) is 8. The fraction of sp³-hybridized carbons (Fsp3) is 0.850. The first-order valence-electron chi connectivity index (χ1n) is 10.5. The van der Waals surface area contributed by atoms with Gasteiger partial charge in [-0.15, -0.1) is 0 Å². The molecule has 0 radical (unpaired) electrons. The van der Waals surface area contributed by atoms with Gasteiger partial charge in [-0.3, -0.25) is 24.1 Å². The first-order chi connectivity index (χ1) is 14.3. The number of aliphatic hydroxyl groups is 3. The summed E-state index contributed by atoms with van der Waals surface area (Å²) in [5.74, 6) is -2.72. The van der Waals surface area contributed by atoms with Gasteiger partial charge in [0.25, 0.3) is 0 Å². The minimum Gasteiger partial charge on any atom is -0.392 e. The van der Waals surface area contributed by atoms with Crippen LogP contribution in [-0.4, -0.2) is 104 Å². The van der Waals surface area contributed by atoms with E-state index in [1.165, 1.54) is 32.6 Å². The van der Waals surface area contributed by atoms with Crippen molar-refractivity contribution in [3.05, 3.63) is 0 Å². The van der Waals surface area contributed by atoms with Crippen LogP contribution in [0.2, 0.25) is 0 Å². The lowest BCUT2D eigenvalue weighted by Crippen LogP contribution is -2.58. The highest BCUT2D eigenvalue weighted by molar-refractivity contribution is 6.34. The zero-order valence-corrected chi connectivity index (χ0v) is 19.4. The van der Waals surface area contributed by atoms with E-state index in [0.29, 0.717) is 0 Å². The molecular weight excluding hydrogens is 410 g/mol. The Bertz CT molecular complexity index is 626. The molecule has 0 aliphatic carbocycles. The van der Waals surface area contributed by atoms with Crippen molar-refractivity contribution in [3.63, 3.8) is 0 Å². The number of β-amino-alcohol motifs (C(OH)–C–C–N with tert-alkyl or cyclic N) is 2. The first-order valence-corrected chi connectivity index (χ1v) is 10.5. The van der Waals surface area contributed by atoms with Gasteiger partial charge in [-0.05, 0) is 33.6 Å². The lowest BCUT2D eigenvalue weighted by molar-refractivity contribution is -0.239. The topological polar surface area (TPSA) is 140 Å². The van der Waals surface area contributed by atoms with Gasteiger partial charge >= 0.3 is 11.8 Å². The van der Waals surface area contributed by atoms with Gasteiger partial charge in [0.05, 0.1) is 37.4 Å². The molecule has 1 heterocycles. The second kappa shape index (κ2) is 11.7. The van der Waals surface area contributed by atoms with E-state index in [-0.39, 0.29) is 31.5 Å². The van der Waals surface area contributed by atoms with Crippen LogP contribution in [-0.2, 0) is 24.1 Å². The molecule has 6 unspecified atom stereocenters. The Kier molecular flexibility index (Phi) is 10.3. The van der Waals surface area contributed by atoms with Crippen LogP contribution >= 0.6 is 0 Å². The number of hydroxylamine groups is 4. The van der Waals surface area contributed by atoms with Crippen LogP contribution in [0.3, 0.4) is 0 Å². The van der Waals surface area contributed by atoms with Crippen LogP contribution in [0.15, 0.2) is 0 Å². The fourth-order valence-electron chi connectivity index (χ4n) is 3.47. The van der Waals surface area contributed by atoms with E-state index in [4.69, 9.17) is 9.68 Å². The molecule has 1 saturated heterocycles. The molecule has 1 aliphatic heterocycles. The molecule has 3 amide bonds. The average molecular weight is 448 g/mol. The predicted octanol–water partition coefficient (Wildman–Crippen LogP) is -0.707. The SMILES string of the molecule is CC(=O)N(CC(C)O)C1C(C)ON(CC(C)O)C(=O)C(=O)N(CC(C)O)OC1C(C)C. The number of carbonyl (C=O) groups excluding carboxylic acids is 3. The van der Waals surface area contributed by atoms with Crippen LogP contribution < -0.4 is 0 Å². The van der Waals surface area contributed by atoms with Gasteiger partial charge in [0.2, 0.25) is 5.91 Å². The molecule has 1 rings (SSSR count). The minimum atomic E-state index is -1.07. The molecule has 1 fully saturated rings. The summed E-state index contributed by atoms with van der Waals surface area (Å²) in [6, 6.07) is -0.793. The Morgan fingerprint density at radius 3 is 1.74 bits per heavy atom. The molecule has 180 valence electrons. The van der Waals surface area contributed by atoms with Gasteiger partial charge in [0.15, 0.2) is 0 Å². The van der Waals surface area contributed by atoms with Gasteiger partial charge in [-0.25, -0.2) is 10.1 Å². The molecule has 0 saturated carbocycles. The molecular formula is C20H37N3O8. The summed E-state index contributed by atoms with van der Waals surface area (Å²) >= 11 is 0. The third-order valence-electron chi connectivity index (χ3n) is 4.74. The second-order valence-electron chi connectivity index (χ2n) is 8.57. The summed E-state index contributed by atoms with van der Waals surface area (Å²) in [4.78, 5) is 51.3. The molecule has 6 atom stereocenters. The van der Waals surface area contributed by atoms with Gasteiger partial charge in [-0.2, -0.15) is 0 Å². The maximum Gasteiger partial charge on any atom is 0.337 e. The van der Waals surface area contributed by atoms with Gasteiger partial charge < -0.3 is 20.2 Å². The van der Waals surface area contributed by atoms with E-state index in [1.54, 1.807) is 6.92 Å². The lowest BCUT2D eigenvalue weighted by atomic mass is 9.94. The Balaban J connectivity index is 3.56. The van der Waals surface area contributed by atoms with Crippen molar-refractivity contribution in [2.75, 3.05) is 19.6 Å². The second-order valence-corrected chi connectivity index (χ2v) is 8.57. The maximum atomic E-state index is 12.9.